The van der Waals surface area contributed by atoms with Crippen molar-refractivity contribution in [1.82, 2.24) is 4.90 Å². The highest BCUT2D eigenvalue weighted by atomic mass is 19.1. The number of halogens is 2. The minimum absolute atomic E-state index is 0.178. The van der Waals surface area contributed by atoms with Gasteiger partial charge in [-0.15, -0.1) is 0 Å². The highest BCUT2D eigenvalue weighted by Gasteiger charge is 2.40. The zero-order valence-corrected chi connectivity index (χ0v) is 11.5. The van der Waals surface area contributed by atoms with E-state index in [1.807, 2.05) is 13.8 Å². The first kappa shape index (κ1) is 14.4. The van der Waals surface area contributed by atoms with Crippen LogP contribution in [0.25, 0.3) is 0 Å². The van der Waals surface area contributed by atoms with Gasteiger partial charge in [0.1, 0.15) is 11.6 Å². The molecule has 0 amide bonds. The SMILES string of the molecule is CCC(C)(C(O)c1ccc(F)cc1F)N1CCCC1. The maximum Gasteiger partial charge on any atom is 0.131 e. The summed E-state index contributed by atoms with van der Waals surface area (Å²) in [6.45, 7) is 5.78. The Hall–Kier alpha value is -1.00. The van der Waals surface area contributed by atoms with Crippen LogP contribution in [0.15, 0.2) is 18.2 Å². The fourth-order valence-corrected chi connectivity index (χ4v) is 2.88. The lowest BCUT2D eigenvalue weighted by atomic mass is 9.85. The normalized spacial score (nSPS) is 21.3. The number of aliphatic hydroxyl groups is 1. The number of likely N-dealkylation sites (tertiary alicyclic amines) is 1. The Morgan fingerprint density at radius 1 is 1.32 bits per heavy atom. The van der Waals surface area contributed by atoms with E-state index in [9.17, 15) is 13.9 Å². The van der Waals surface area contributed by atoms with Gasteiger partial charge >= 0.3 is 0 Å². The Morgan fingerprint density at radius 3 is 2.47 bits per heavy atom. The van der Waals surface area contributed by atoms with Gasteiger partial charge in [0.2, 0.25) is 0 Å². The van der Waals surface area contributed by atoms with Crippen molar-refractivity contribution in [3.63, 3.8) is 0 Å². The fraction of sp³-hybridized carbons (Fsp3) is 0.600. The molecule has 0 bridgehead atoms. The van der Waals surface area contributed by atoms with Crippen LogP contribution in [-0.2, 0) is 0 Å². The molecule has 1 fully saturated rings. The molecule has 0 spiro atoms. The monoisotopic (exact) mass is 269 g/mol. The van der Waals surface area contributed by atoms with Gasteiger partial charge in [0.05, 0.1) is 6.10 Å². The summed E-state index contributed by atoms with van der Waals surface area (Å²) < 4.78 is 26.8. The van der Waals surface area contributed by atoms with Crippen LogP contribution >= 0.6 is 0 Å². The fourth-order valence-electron chi connectivity index (χ4n) is 2.88. The Labute approximate surface area is 113 Å². The van der Waals surface area contributed by atoms with Crippen molar-refractivity contribution in [2.75, 3.05) is 13.1 Å². The van der Waals surface area contributed by atoms with E-state index in [2.05, 4.69) is 4.90 Å². The average Bonchev–Trinajstić information content (AvgIpc) is 2.91. The molecule has 1 aromatic carbocycles. The standard InChI is InChI=1S/C15H21F2NO/c1-3-15(2,18-8-4-5-9-18)14(19)12-7-6-11(16)10-13(12)17/h6-7,10,14,19H,3-5,8-9H2,1-2H3. The molecule has 0 radical (unpaired) electrons. The molecule has 1 aliphatic heterocycles. The number of hydrogen-bond acceptors (Lipinski definition) is 2. The summed E-state index contributed by atoms with van der Waals surface area (Å²) in [6.07, 6.45) is 1.98. The van der Waals surface area contributed by atoms with Crippen molar-refractivity contribution in [2.45, 2.75) is 44.8 Å². The summed E-state index contributed by atoms with van der Waals surface area (Å²) in [6, 6.07) is 3.37. The van der Waals surface area contributed by atoms with Crippen LogP contribution in [-0.4, -0.2) is 28.6 Å². The largest absolute Gasteiger partial charge is 0.386 e. The van der Waals surface area contributed by atoms with Crippen LogP contribution in [0.5, 0.6) is 0 Å². The van der Waals surface area contributed by atoms with E-state index in [1.165, 1.54) is 12.1 Å². The van der Waals surface area contributed by atoms with Crippen LogP contribution in [0.3, 0.4) is 0 Å². The second kappa shape index (κ2) is 5.55. The smallest absolute Gasteiger partial charge is 0.131 e. The number of rotatable bonds is 4. The summed E-state index contributed by atoms with van der Waals surface area (Å²) in [7, 11) is 0. The minimum atomic E-state index is -0.948. The first-order valence-corrected chi connectivity index (χ1v) is 6.87. The highest BCUT2D eigenvalue weighted by Crippen LogP contribution is 2.37. The quantitative estimate of drug-likeness (QED) is 0.907. The Balaban J connectivity index is 2.31. The van der Waals surface area contributed by atoms with Gasteiger partial charge in [-0.1, -0.05) is 13.0 Å². The van der Waals surface area contributed by atoms with E-state index in [-0.39, 0.29) is 5.56 Å². The van der Waals surface area contributed by atoms with Crippen LogP contribution in [0.1, 0.15) is 44.8 Å². The van der Waals surface area contributed by atoms with Gasteiger partial charge in [0.15, 0.2) is 0 Å². The van der Waals surface area contributed by atoms with Crippen LogP contribution in [0.4, 0.5) is 8.78 Å². The van der Waals surface area contributed by atoms with Crippen molar-refractivity contribution >= 4 is 0 Å². The molecule has 106 valence electrons. The lowest BCUT2D eigenvalue weighted by Gasteiger charge is -2.42. The van der Waals surface area contributed by atoms with E-state index in [1.54, 1.807) is 0 Å². The second-order valence-corrected chi connectivity index (χ2v) is 5.47. The minimum Gasteiger partial charge on any atom is -0.386 e. The lowest BCUT2D eigenvalue weighted by Crippen LogP contribution is -2.49. The molecule has 1 N–H and O–H groups in total. The summed E-state index contributed by atoms with van der Waals surface area (Å²) in [5.74, 6) is -1.29. The molecular weight excluding hydrogens is 248 g/mol. The molecule has 2 rings (SSSR count). The zero-order chi connectivity index (χ0) is 14.0. The van der Waals surface area contributed by atoms with Crippen LogP contribution in [0, 0.1) is 11.6 Å². The van der Waals surface area contributed by atoms with Gasteiger partial charge in [0, 0.05) is 17.2 Å². The third-order valence-corrected chi connectivity index (χ3v) is 4.39. The maximum absolute atomic E-state index is 13.8. The molecule has 2 nitrogen and oxygen atoms in total. The Bertz CT molecular complexity index is 446. The van der Waals surface area contributed by atoms with E-state index in [4.69, 9.17) is 0 Å². The third-order valence-electron chi connectivity index (χ3n) is 4.39. The molecular formula is C15H21F2NO. The molecule has 2 unspecified atom stereocenters. The number of hydrogen-bond donors (Lipinski definition) is 1. The molecule has 1 aromatic rings. The molecule has 0 aromatic heterocycles. The highest BCUT2D eigenvalue weighted by molar-refractivity contribution is 5.24. The number of nitrogens with zero attached hydrogens (tertiary/aromatic N) is 1. The molecule has 0 saturated carbocycles. The predicted molar refractivity (Wildman–Crippen MR) is 70.8 cm³/mol. The van der Waals surface area contributed by atoms with E-state index >= 15 is 0 Å². The van der Waals surface area contributed by atoms with Gasteiger partial charge in [-0.2, -0.15) is 0 Å². The van der Waals surface area contributed by atoms with Crippen molar-refractivity contribution < 1.29 is 13.9 Å². The van der Waals surface area contributed by atoms with Crippen molar-refractivity contribution in [3.05, 3.63) is 35.4 Å². The van der Waals surface area contributed by atoms with Crippen LogP contribution < -0.4 is 0 Å². The maximum atomic E-state index is 13.8. The van der Waals surface area contributed by atoms with E-state index in [0.29, 0.717) is 6.42 Å². The second-order valence-electron chi connectivity index (χ2n) is 5.47. The van der Waals surface area contributed by atoms with Crippen molar-refractivity contribution in [1.29, 1.82) is 0 Å². The molecule has 4 heteroatoms. The van der Waals surface area contributed by atoms with Crippen molar-refractivity contribution in [3.8, 4) is 0 Å². The zero-order valence-electron chi connectivity index (χ0n) is 11.5. The number of benzene rings is 1. The van der Waals surface area contributed by atoms with E-state index in [0.717, 1.165) is 32.0 Å². The first-order chi connectivity index (χ1) is 8.99. The molecule has 0 aliphatic carbocycles. The van der Waals surface area contributed by atoms with Gasteiger partial charge in [0.25, 0.3) is 0 Å². The van der Waals surface area contributed by atoms with Gasteiger partial charge in [-0.3, -0.25) is 4.90 Å². The van der Waals surface area contributed by atoms with Crippen LogP contribution in [0.2, 0.25) is 0 Å². The summed E-state index contributed by atoms with van der Waals surface area (Å²) >= 11 is 0. The Morgan fingerprint density at radius 2 is 1.95 bits per heavy atom. The Kier molecular flexibility index (Phi) is 4.21. The molecule has 1 saturated heterocycles. The molecule has 19 heavy (non-hydrogen) atoms. The van der Waals surface area contributed by atoms with Crippen molar-refractivity contribution in [2.24, 2.45) is 0 Å². The van der Waals surface area contributed by atoms with Gasteiger partial charge in [-0.25, -0.2) is 8.78 Å². The third kappa shape index (κ3) is 2.65. The number of aliphatic hydroxyl groups excluding tert-OH is 1. The van der Waals surface area contributed by atoms with E-state index < -0.39 is 23.3 Å². The predicted octanol–water partition coefficient (Wildman–Crippen LogP) is 3.26. The molecule has 2 atom stereocenters. The summed E-state index contributed by atoms with van der Waals surface area (Å²) in [5.41, 5.74) is -0.326. The topological polar surface area (TPSA) is 23.5 Å². The summed E-state index contributed by atoms with van der Waals surface area (Å²) in [4.78, 5) is 2.21. The van der Waals surface area contributed by atoms with Gasteiger partial charge in [-0.05, 0) is 45.3 Å². The average molecular weight is 269 g/mol. The van der Waals surface area contributed by atoms with Gasteiger partial charge < -0.3 is 5.11 Å². The molecule has 1 aliphatic rings. The summed E-state index contributed by atoms with van der Waals surface area (Å²) in [5, 5.41) is 10.6. The lowest BCUT2D eigenvalue weighted by molar-refractivity contribution is -0.0158. The first-order valence-electron chi connectivity index (χ1n) is 6.87. The molecule has 1 heterocycles.